The predicted octanol–water partition coefficient (Wildman–Crippen LogP) is 1.22. The van der Waals surface area contributed by atoms with Crippen molar-refractivity contribution in [1.82, 2.24) is 14.8 Å². The van der Waals surface area contributed by atoms with E-state index in [1.54, 1.807) is 0 Å². The number of anilines is 1. The van der Waals surface area contributed by atoms with Gasteiger partial charge in [-0.2, -0.15) is 4.98 Å². The van der Waals surface area contributed by atoms with Crippen LogP contribution < -0.4 is 5.32 Å². The molecule has 92 valence electrons. The molecule has 0 spiro atoms. The number of hydrogen-bond acceptors (Lipinski definition) is 5. The Bertz CT molecular complexity index is 464. The minimum Gasteiger partial charge on any atom is -0.463 e. The Kier molecular flexibility index (Phi) is 2.14. The van der Waals surface area contributed by atoms with Crippen molar-refractivity contribution in [2.24, 2.45) is 5.41 Å². The van der Waals surface area contributed by atoms with E-state index in [0.717, 1.165) is 13.0 Å². The third kappa shape index (κ3) is 1.59. The number of carbonyl (C=O) groups excluding carboxylic acids is 1. The van der Waals surface area contributed by atoms with E-state index in [-0.39, 0.29) is 5.82 Å². The molecule has 1 fully saturated rings. The normalized spacial score (nSPS) is 24.7. The van der Waals surface area contributed by atoms with Crippen LogP contribution in [0, 0.1) is 5.41 Å². The van der Waals surface area contributed by atoms with E-state index in [1.165, 1.54) is 20.0 Å². The number of ether oxygens (including phenoxy) is 1. The second-order valence-electron chi connectivity index (χ2n) is 5.08. The lowest BCUT2D eigenvalue weighted by molar-refractivity contribution is 0.0585. The molecule has 1 N–H and O–H groups in total. The molecule has 1 aliphatic heterocycles. The van der Waals surface area contributed by atoms with Crippen molar-refractivity contribution in [2.45, 2.75) is 32.2 Å². The highest BCUT2D eigenvalue weighted by atomic mass is 16.5. The highest BCUT2D eigenvalue weighted by Crippen LogP contribution is 2.55. The molecule has 0 aromatic carbocycles. The van der Waals surface area contributed by atoms with Gasteiger partial charge in [-0.3, -0.25) is 0 Å². The Hall–Kier alpha value is -1.59. The number of rotatable bonds is 2. The fraction of sp³-hybridized carbons (Fsp3) is 0.727. The highest BCUT2D eigenvalue weighted by molar-refractivity contribution is 5.85. The maximum absolute atomic E-state index is 11.4. The first-order chi connectivity index (χ1) is 8.14. The van der Waals surface area contributed by atoms with Gasteiger partial charge in [0.25, 0.3) is 5.82 Å². The predicted molar refractivity (Wildman–Crippen MR) is 60.8 cm³/mol. The van der Waals surface area contributed by atoms with Gasteiger partial charge in [0.15, 0.2) is 0 Å². The average molecular weight is 236 g/mol. The first-order valence-electron chi connectivity index (χ1n) is 5.93. The molecule has 6 heteroatoms. The number of aromatic nitrogens is 3. The van der Waals surface area contributed by atoms with Crippen LogP contribution in [0.3, 0.4) is 0 Å². The molecule has 0 amide bonds. The fourth-order valence-corrected chi connectivity index (χ4v) is 2.46. The molecule has 1 aliphatic carbocycles. The van der Waals surface area contributed by atoms with Gasteiger partial charge in [-0.05, 0) is 24.7 Å². The van der Waals surface area contributed by atoms with Gasteiger partial charge in [-0.25, -0.2) is 9.48 Å². The molecule has 1 saturated carbocycles. The summed E-state index contributed by atoms with van der Waals surface area (Å²) in [5, 5.41) is 7.45. The Balaban J connectivity index is 1.97. The monoisotopic (exact) mass is 236 g/mol. The summed E-state index contributed by atoms with van der Waals surface area (Å²) < 4.78 is 6.51. The van der Waals surface area contributed by atoms with Crippen molar-refractivity contribution >= 4 is 11.9 Å². The summed E-state index contributed by atoms with van der Waals surface area (Å²) >= 11 is 0. The summed E-state index contributed by atoms with van der Waals surface area (Å²) in [7, 11) is 1.34. The summed E-state index contributed by atoms with van der Waals surface area (Å²) in [5.74, 6) is 0.356. The SMILES string of the molecule is COC(=O)c1nc2n(n1)C(C1(C)CC1)CCN2. The first kappa shape index (κ1) is 10.6. The Morgan fingerprint density at radius 2 is 2.35 bits per heavy atom. The quantitative estimate of drug-likeness (QED) is 0.782. The van der Waals surface area contributed by atoms with Crippen molar-refractivity contribution in [3.8, 4) is 0 Å². The summed E-state index contributed by atoms with van der Waals surface area (Å²) in [6, 6.07) is 0.352. The summed E-state index contributed by atoms with van der Waals surface area (Å²) in [4.78, 5) is 15.6. The maximum Gasteiger partial charge on any atom is 0.378 e. The first-order valence-corrected chi connectivity index (χ1v) is 5.93. The van der Waals surface area contributed by atoms with Crippen LogP contribution in [0.4, 0.5) is 5.95 Å². The lowest BCUT2D eigenvalue weighted by atomic mass is 9.95. The second kappa shape index (κ2) is 3.45. The molecule has 2 aliphatic rings. The van der Waals surface area contributed by atoms with E-state index < -0.39 is 5.97 Å². The van der Waals surface area contributed by atoms with Crippen molar-refractivity contribution in [3.05, 3.63) is 5.82 Å². The lowest BCUT2D eigenvalue weighted by Crippen LogP contribution is -2.29. The Labute approximate surface area is 99.4 Å². The van der Waals surface area contributed by atoms with Gasteiger partial charge in [0.05, 0.1) is 13.2 Å². The molecule has 1 aromatic heterocycles. The van der Waals surface area contributed by atoms with Crippen LogP contribution >= 0.6 is 0 Å². The molecule has 0 bridgehead atoms. The van der Waals surface area contributed by atoms with E-state index in [9.17, 15) is 4.79 Å². The number of nitrogens with zero attached hydrogens (tertiary/aromatic N) is 3. The minimum atomic E-state index is -0.478. The molecule has 0 radical (unpaired) electrons. The van der Waals surface area contributed by atoms with E-state index in [4.69, 9.17) is 0 Å². The average Bonchev–Trinajstić information content (AvgIpc) is 2.94. The zero-order valence-corrected chi connectivity index (χ0v) is 10.1. The van der Waals surface area contributed by atoms with Gasteiger partial charge in [0, 0.05) is 6.54 Å². The summed E-state index contributed by atoms with van der Waals surface area (Å²) in [5.41, 5.74) is 0.331. The van der Waals surface area contributed by atoms with Crippen LogP contribution in [0.15, 0.2) is 0 Å². The third-order valence-corrected chi connectivity index (χ3v) is 3.84. The van der Waals surface area contributed by atoms with Crippen LogP contribution in [0.25, 0.3) is 0 Å². The van der Waals surface area contributed by atoms with Crippen LogP contribution in [0.5, 0.6) is 0 Å². The number of esters is 1. The van der Waals surface area contributed by atoms with Crippen LogP contribution in [-0.4, -0.2) is 34.4 Å². The lowest BCUT2D eigenvalue weighted by Gasteiger charge is -2.29. The zero-order valence-electron chi connectivity index (χ0n) is 10.1. The topological polar surface area (TPSA) is 69.0 Å². The van der Waals surface area contributed by atoms with Gasteiger partial charge in [-0.1, -0.05) is 6.92 Å². The van der Waals surface area contributed by atoms with Crippen molar-refractivity contribution in [1.29, 1.82) is 0 Å². The molecule has 17 heavy (non-hydrogen) atoms. The Morgan fingerprint density at radius 3 is 3.00 bits per heavy atom. The number of fused-ring (bicyclic) bond motifs is 1. The molecule has 1 atom stereocenters. The van der Waals surface area contributed by atoms with E-state index >= 15 is 0 Å². The second-order valence-corrected chi connectivity index (χ2v) is 5.08. The van der Waals surface area contributed by atoms with E-state index in [2.05, 4.69) is 27.1 Å². The van der Waals surface area contributed by atoms with Crippen molar-refractivity contribution in [2.75, 3.05) is 19.0 Å². The number of nitrogens with one attached hydrogen (secondary N) is 1. The van der Waals surface area contributed by atoms with E-state index in [0.29, 0.717) is 17.4 Å². The van der Waals surface area contributed by atoms with Gasteiger partial charge in [0.1, 0.15) is 0 Å². The standard InChI is InChI=1S/C11H16N4O2/c1-11(4-5-11)7-3-6-12-10-13-8(9(16)17-2)14-15(7)10/h7H,3-6H2,1-2H3,(H,12,13,14). The fourth-order valence-electron chi connectivity index (χ4n) is 2.46. The number of carbonyl (C=O) groups is 1. The van der Waals surface area contributed by atoms with Gasteiger partial charge >= 0.3 is 5.97 Å². The molecule has 0 saturated heterocycles. The molecule has 1 aromatic rings. The van der Waals surface area contributed by atoms with Gasteiger partial charge in [0.2, 0.25) is 5.95 Å². The molecular weight excluding hydrogens is 220 g/mol. The highest BCUT2D eigenvalue weighted by Gasteiger charge is 2.48. The van der Waals surface area contributed by atoms with Crippen LogP contribution in [0.2, 0.25) is 0 Å². The molecule has 1 unspecified atom stereocenters. The summed E-state index contributed by atoms with van der Waals surface area (Å²) in [6.07, 6.45) is 3.49. The van der Waals surface area contributed by atoms with Gasteiger partial charge in [-0.15, -0.1) is 5.10 Å². The largest absolute Gasteiger partial charge is 0.463 e. The number of hydrogen-bond donors (Lipinski definition) is 1. The van der Waals surface area contributed by atoms with E-state index in [1.807, 2.05) is 4.68 Å². The van der Waals surface area contributed by atoms with Gasteiger partial charge < -0.3 is 10.1 Å². The molecule has 6 nitrogen and oxygen atoms in total. The molecular formula is C11H16N4O2. The maximum atomic E-state index is 11.4. The van der Waals surface area contributed by atoms with Crippen LogP contribution in [0.1, 0.15) is 42.8 Å². The minimum absolute atomic E-state index is 0.145. The smallest absolute Gasteiger partial charge is 0.378 e. The third-order valence-electron chi connectivity index (χ3n) is 3.84. The Morgan fingerprint density at radius 1 is 1.59 bits per heavy atom. The molecule has 3 rings (SSSR count). The molecule has 2 heterocycles. The van der Waals surface area contributed by atoms with Crippen molar-refractivity contribution in [3.63, 3.8) is 0 Å². The summed E-state index contributed by atoms with van der Waals surface area (Å²) in [6.45, 7) is 3.16. The number of methoxy groups -OCH3 is 1. The van der Waals surface area contributed by atoms with Crippen molar-refractivity contribution < 1.29 is 9.53 Å². The zero-order chi connectivity index (χ0) is 12.0. The van der Waals surface area contributed by atoms with Crippen LogP contribution in [-0.2, 0) is 4.74 Å².